The van der Waals surface area contributed by atoms with Crippen molar-refractivity contribution in [3.8, 4) is 0 Å². The predicted octanol–water partition coefficient (Wildman–Crippen LogP) is 3.73. The molecular formula is C18H20N6. The Morgan fingerprint density at radius 3 is 2.12 bits per heavy atom. The summed E-state index contributed by atoms with van der Waals surface area (Å²) >= 11 is 0. The summed E-state index contributed by atoms with van der Waals surface area (Å²) in [4.78, 5) is 6.49. The minimum Gasteiger partial charge on any atom is -0.378 e. The van der Waals surface area contributed by atoms with Gasteiger partial charge in [-0.25, -0.2) is 0 Å². The van der Waals surface area contributed by atoms with Crippen molar-refractivity contribution in [1.29, 1.82) is 0 Å². The SMILES string of the molecule is Cc1ccc(Nc2nncc(Nc3ccc(N(C)C)cc3)n2)cc1. The Balaban J connectivity index is 1.71. The molecule has 0 aliphatic rings. The molecule has 6 heteroatoms. The zero-order valence-corrected chi connectivity index (χ0v) is 14.0. The van der Waals surface area contributed by atoms with Gasteiger partial charge in [-0.2, -0.15) is 10.1 Å². The predicted molar refractivity (Wildman–Crippen MR) is 98.3 cm³/mol. The molecule has 0 aliphatic carbocycles. The van der Waals surface area contributed by atoms with Gasteiger partial charge in [-0.1, -0.05) is 17.7 Å². The van der Waals surface area contributed by atoms with Crippen molar-refractivity contribution in [3.05, 3.63) is 60.3 Å². The van der Waals surface area contributed by atoms with Crippen LogP contribution in [0.25, 0.3) is 0 Å². The van der Waals surface area contributed by atoms with Gasteiger partial charge in [-0.15, -0.1) is 5.10 Å². The van der Waals surface area contributed by atoms with Gasteiger partial charge < -0.3 is 15.5 Å². The Hall–Kier alpha value is -3.15. The van der Waals surface area contributed by atoms with Crippen LogP contribution < -0.4 is 15.5 Å². The van der Waals surface area contributed by atoms with Gasteiger partial charge in [-0.05, 0) is 43.3 Å². The summed E-state index contributed by atoms with van der Waals surface area (Å²) in [6.07, 6.45) is 1.60. The van der Waals surface area contributed by atoms with E-state index in [0.29, 0.717) is 11.8 Å². The topological polar surface area (TPSA) is 66.0 Å². The lowest BCUT2D eigenvalue weighted by atomic mass is 10.2. The van der Waals surface area contributed by atoms with E-state index in [1.54, 1.807) is 6.20 Å². The standard InChI is InChI=1S/C18H20N6/c1-13-4-6-15(7-5-13)21-18-22-17(12-19-23-18)20-14-8-10-16(11-9-14)24(2)3/h4-12H,1-3H3,(H2,20,21,22,23). The minimum absolute atomic E-state index is 0.453. The molecule has 24 heavy (non-hydrogen) atoms. The molecule has 3 rings (SSSR count). The molecule has 0 radical (unpaired) electrons. The fourth-order valence-corrected chi connectivity index (χ4v) is 2.17. The van der Waals surface area contributed by atoms with Crippen LogP contribution in [0.3, 0.4) is 0 Å². The monoisotopic (exact) mass is 320 g/mol. The molecule has 0 bridgehead atoms. The maximum Gasteiger partial charge on any atom is 0.249 e. The number of anilines is 5. The molecule has 122 valence electrons. The van der Waals surface area contributed by atoms with Gasteiger partial charge in [0.1, 0.15) is 0 Å². The summed E-state index contributed by atoms with van der Waals surface area (Å²) in [6.45, 7) is 2.05. The first-order valence-corrected chi connectivity index (χ1v) is 7.68. The van der Waals surface area contributed by atoms with E-state index in [1.165, 1.54) is 5.56 Å². The Kier molecular flexibility index (Phi) is 4.56. The molecule has 0 unspecified atom stereocenters. The van der Waals surface area contributed by atoms with E-state index < -0.39 is 0 Å². The highest BCUT2D eigenvalue weighted by molar-refractivity contribution is 5.61. The highest BCUT2D eigenvalue weighted by atomic mass is 15.3. The minimum atomic E-state index is 0.453. The highest BCUT2D eigenvalue weighted by Crippen LogP contribution is 2.20. The van der Waals surface area contributed by atoms with Crippen LogP contribution in [-0.2, 0) is 0 Å². The summed E-state index contributed by atoms with van der Waals surface area (Å²) in [5, 5.41) is 14.4. The van der Waals surface area contributed by atoms with E-state index in [9.17, 15) is 0 Å². The van der Waals surface area contributed by atoms with Gasteiger partial charge >= 0.3 is 0 Å². The Bertz CT molecular complexity index is 796. The molecule has 2 aromatic carbocycles. The molecule has 6 nitrogen and oxygen atoms in total. The van der Waals surface area contributed by atoms with Crippen LogP contribution in [0.1, 0.15) is 5.56 Å². The van der Waals surface area contributed by atoms with E-state index in [0.717, 1.165) is 17.1 Å². The fraction of sp³-hybridized carbons (Fsp3) is 0.167. The third-order valence-electron chi connectivity index (χ3n) is 3.52. The van der Waals surface area contributed by atoms with Gasteiger partial charge in [0.05, 0.1) is 6.20 Å². The van der Waals surface area contributed by atoms with Crippen molar-refractivity contribution >= 4 is 28.8 Å². The molecule has 0 spiro atoms. The summed E-state index contributed by atoms with van der Waals surface area (Å²) in [7, 11) is 4.03. The van der Waals surface area contributed by atoms with Crippen molar-refractivity contribution in [2.24, 2.45) is 0 Å². The quantitative estimate of drug-likeness (QED) is 0.746. The first-order valence-electron chi connectivity index (χ1n) is 7.68. The van der Waals surface area contributed by atoms with Crippen LogP contribution in [0.15, 0.2) is 54.7 Å². The first kappa shape index (κ1) is 15.7. The summed E-state index contributed by atoms with van der Waals surface area (Å²) in [5.41, 5.74) is 4.22. The average Bonchev–Trinajstić information content (AvgIpc) is 2.58. The van der Waals surface area contributed by atoms with E-state index in [1.807, 2.05) is 69.6 Å². The third kappa shape index (κ3) is 3.98. The van der Waals surface area contributed by atoms with E-state index >= 15 is 0 Å². The zero-order valence-electron chi connectivity index (χ0n) is 14.0. The molecule has 0 aliphatic heterocycles. The van der Waals surface area contributed by atoms with Crippen molar-refractivity contribution in [3.63, 3.8) is 0 Å². The van der Waals surface area contributed by atoms with Gasteiger partial charge in [0.2, 0.25) is 5.95 Å². The first-order chi connectivity index (χ1) is 11.6. The second-order valence-corrected chi connectivity index (χ2v) is 5.72. The number of benzene rings is 2. The number of aryl methyl sites for hydroxylation is 1. The van der Waals surface area contributed by atoms with E-state index in [2.05, 4.69) is 30.7 Å². The third-order valence-corrected chi connectivity index (χ3v) is 3.52. The van der Waals surface area contributed by atoms with Gasteiger partial charge in [0, 0.05) is 31.2 Å². The van der Waals surface area contributed by atoms with Crippen molar-refractivity contribution in [2.75, 3.05) is 29.6 Å². The number of nitrogens with one attached hydrogen (secondary N) is 2. The number of aromatic nitrogens is 3. The number of hydrogen-bond donors (Lipinski definition) is 2. The largest absolute Gasteiger partial charge is 0.378 e. The van der Waals surface area contributed by atoms with Crippen molar-refractivity contribution < 1.29 is 0 Å². The Labute approximate surface area is 141 Å². The summed E-state index contributed by atoms with van der Waals surface area (Å²) in [5.74, 6) is 1.09. The van der Waals surface area contributed by atoms with Crippen LogP contribution >= 0.6 is 0 Å². The molecule has 1 heterocycles. The second kappa shape index (κ2) is 6.95. The maximum atomic E-state index is 4.44. The number of nitrogens with zero attached hydrogens (tertiary/aromatic N) is 4. The van der Waals surface area contributed by atoms with Crippen LogP contribution in [0.2, 0.25) is 0 Å². The molecule has 0 fully saturated rings. The van der Waals surface area contributed by atoms with Crippen LogP contribution in [-0.4, -0.2) is 29.3 Å². The normalized spacial score (nSPS) is 10.3. The lowest BCUT2D eigenvalue weighted by molar-refractivity contribution is 0.982. The molecule has 3 aromatic rings. The molecule has 2 N–H and O–H groups in total. The molecule has 1 aromatic heterocycles. The lowest BCUT2D eigenvalue weighted by Crippen LogP contribution is -2.08. The highest BCUT2D eigenvalue weighted by Gasteiger charge is 2.03. The molecule has 0 atom stereocenters. The van der Waals surface area contributed by atoms with Gasteiger partial charge in [0.25, 0.3) is 0 Å². The average molecular weight is 320 g/mol. The maximum absolute atomic E-state index is 4.44. The van der Waals surface area contributed by atoms with E-state index in [4.69, 9.17) is 0 Å². The van der Waals surface area contributed by atoms with Crippen LogP contribution in [0.4, 0.5) is 28.8 Å². The number of hydrogen-bond acceptors (Lipinski definition) is 6. The van der Waals surface area contributed by atoms with Crippen molar-refractivity contribution in [2.45, 2.75) is 6.92 Å². The molecule has 0 amide bonds. The second-order valence-electron chi connectivity index (χ2n) is 5.72. The van der Waals surface area contributed by atoms with Crippen LogP contribution in [0, 0.1) is 6.92 Å². The lowest BCUT2D eigenvalue weighted by Gasteiger charge is -2.13. The van der Waals surface area contributed by atoms with Gasteiger partial charge in [0.15, 0.2) is 5.82 Å². The Morgan fingerprint density at radius 1 is 0.833 bits per heavy atom. The summed E-state index contributed by atoms with van der Waals surface area (Å²) < 4.78 is 0. The molecular weight excluding hydrogens is 300 g/mol. The van der Waals surface area contributed by atoms with Crippen molar-refractivity contribution in [1.82, 2.24) is 15.2 Å². The molecule has 0 saturated carbocycles. The fourth-order valence-electron chi connectivity index (χ4n) is 2.17. The Morgan fingerprint density at radius 2 is 1.46 bits per heavy atom. The summed E-state index contributed by atoms with van der Waals surface area (Å²) in [6, 6.07) is 16.1. The van der Waals surface area contributed by atoms with Gasteiger partial charge in [-0.3, -0.25) is 0 Å². The smallest absolute Gasteiger partial charge is 0.249 e. The van der Waals surface area contributed by atoms with E-state index in [-0.39, 0.29) is 0 Å². The number of rotatable bonds is 5. The van der Waals surface area contributed by atoms with Crippen LogP contribution in [0.5, 0.6) is 0 Å². The molecule has 0 saturated heterocycles. The zero-order chi connectivity index (χ0) is 16.9.